The van der Waals surface area contributed by atoms with Crippen LogP contribution in [0.1, 0.15) is 18.4 Å². The Balaban J connectivity index is 1.57. The average Bonchev–Trinajstić information content (AvgIpc) is 2.62. The molecule has 2 heterocycles. The molecule has 1 unspecified atom stereocenters. The first-order valence-electron chi connectivity index (χ1n) is 8.09. The third kappa shape index (κ3) is 4.62. The summed E-state index contributed by atoms with van der Waals surface area (Å²) in [5.41, 5.74) is -0.456. The van der Waals surface area contributed by atoms with E-state index in [-0.39, 0.29) is 18.1 Å². The molecule has 0 bridgehead atoms. The first-order valence-corrected chi connectivity index (χ1v) is 8.09. The number of alkyl halides is 3. The monoisotopic (exact) mass is 366 g/mol. The van der Waals surface area contributed by atoms with Crippen LogP contribution in [-0.2, 0) is 6.18 Å². The van der Waals surface area contributed by atoms with Gasteiger partial charge in [-0.05, 0) is 43.2 Å². The molecule has 1 atom stereocenters. The molecule has 1 fully saturated rings. The molecule has 1 aromatic heterocycles. The third-order valence-electron chi connectivity index (χ3n) is 3.94. The molecule has 6 nitrogen and oxygen atoms in total. The molecule has 26 heavy (non-hydrogen) atoms. The number of halogens is 3. The fourth-order valence-electron chi connectivity index (χ4n) is 2.66. The number of ether oxygens (including phenoxy) is 1. The Morgan fingerprint density at radius 1 is 1.19 bits per heavy atom. The lowest BCUT2D eigenvalue weighted by Crippen LogP contribution is -2.46. The zero-order valence-electron chi connectivity index (χ0n) is 13.7. The molecular weight excluding hydrogens is 349 g/mol. The Labute approximate surface area is 148 Å². The number of nitrogens with one attached hydrogen (secondary N) is 1. The summed E-state index contributed by atoms with van der Waals surface area (Å²) in [5, 5.41) is 2.61. The quantitative estimate of drug-likeness (QED) is 0.902. The summed E-state index contributed by atoms with van der Waals surface area (Å²) >= 11 is 0. The molecule has 2 aromatic rings. The molecule has 0 aliphatic carbocycles. The molecule has 1 aromatic carbocycles. The fraction of sp³-hybridized carbons (Fsp3) is 0.353. The average molecular weight is 366 g/mol. The number of piperidine rings is 1. The van der Waals surface area contributed by atoms with Crippen LogP contribution in [0.2, 0.25) is 0 Å². The number of rotatable bonds is 3. The van der Waals surface area contributed by atoms with Crippen LogP contribution in [0.3, 0.4) is 0 Å². The van der Waals surface area contributed by atoms with Crippen LogP contribution in [0.5, 0.6) is 6.01 Å². The fourth-order valence-corrected chi connectivity index (χ4v) is 2.66. The number of urea groups is 1. The van der Waals surface area contributed by atoms with Crippen LogP contribution in [-0.4, -0.2) is 40.1 Å². The number of hydrogen-bond donors (Lipinski definition) is 1. The Bertz CT molecular complexity index is 738. The van der Waals surface area contributed by atoms with E-state index in [0.29, 0.717) is 18.8 Å². The molecule has 9 heteroatoms. The smallest absolute Gasteiger partial charge is 0.416 e. The summed E-state index contributed by atoms with van der Waals surface area (Å²) in [6.45, 7) is 0.896. The minimum Gasteiger partial charge on any atom is -0.458 e. The molecule has 2 amide bonds. The predicted octanol–water partition coefficient (Wildman–Crippen LogP) is 3.57. The van der Waals surface area contributed by atoms with Crippen LogP contribution < -0.4 is 10.1 Å². The highest BCUT2D eigenvalue weighted by Gasteiger charge is 2.30. The molecule has 0 radical (unpaired) electrons. The Hall–Kier alpha value is -2.84. The maximum Gasteiger partial charge on any atom is 0.416 e. The van der Waals surface area contributed by atoms with Crippen molar-refractivity contribution in [3.8, 4) is 6.01 Å². The van der Waals surface area contributed by atoms with E-state index in [0.717, 1.165) is 25.0 Å². The number of aromatic nitrogens is 2. The highest BCUT2D eigenvalue weighted by atomic mass is 19.4. The number of benzene rings is 1. The van der Waals surface area contributed by atoms with E-state index < -0.39 is 11.7 Å². The first kappa shape index (κ1) is 18.0. The van der Waals surface area contributed by atoms with Gasteiger partial charge in [0.15, 0.2) is 0 Å². The van der Waals surface area contributed by atoms with Crippen LogP contribution in [0, 0.1) is 0 Å². The van der Waals surface area contributed by atoms with Gasteiger partial charge in [-0.3, -0.25) is 0 Å². The second-order valence-corrected chi connectivity index (χ2v) is 5.86. The molecule has 138 valence electrons. The summed E-state index contributed by atoms with van der Waals surface area (Å²) in [5.74, 6) is 0. The van der Waals surface area contributed by atoms with Gasteiger partial charge in [-0.1, -0.05) is 0 Å². The summed E-state index contributed by atoms with van der Waals surface area (Å²) in [6, 6.07) is 5.88. The van der Waals surface area contributed by atoms with Crippen LogP contribution in [0.4, 0.5) is 23.7 Å². The van der Waals surface area contributed by atoms with Crippen molar-refractivity contribution in [1.82, 2.24) is 14.9 Å². The van der Waals surface area contributed by atoms with Gasteiger partial charge in [0.2, 0.25) is 0 Å². The molecule has 1 aliphatic rings. The molecule has 0 spiro atoms. The standard InChI is InChI=1S/C17H17F3N4O2/c18-17(19,20)12-4-6-13(7-5-12)23-16(25)24-10-1-3-14(11-24)26-15-21-8-2-9-22-15/h2,4-9,14H,1,3,10-11H2,(H,23,25). The van der Waals surface area contributed by atoms with Gasteiger partial charge in [0.25, 0.3) is 0 Å². The van der Waals surface area contributed by atoms with E-state index in [9.17, 15) is 18.0 Å². The topological polar surface area (TPSA) is 67.4 Å². The van der Waals surface area contributed by atoms with Gasteiger partial charge in [0.1, 0.15) is 6.10 Å². The van der Waals surface area contributed by atoms with Crippen LogP contribution >= 0.6 is 0 Å². The number of carbonyl (C=O) groups excluding carboxylic acids is 1. The van der Waals surface area contributed by atoms with Crippen LogP contribution in [0.15, 0.2) is 42.7 Å². The lowest BCUT2D eigenvalue weighted by molar-refractivity contribution is -0.137. The normalized spacial score (nSPS) is 17.7. The van der Waals surface area contributed by atoms with E-state index in [4.69, 9.17) is 4.74 Å². The van der Waals surface area contributed by atoms with E-state index in [1.54, 1.807) is 23.4 Å². The molecular formula is C17H17F3N4O2. The van der Waals surface area contributed by atoms with Crippen molar-refractivity contribution < 1.29 is 22.7 Å². The van der Waals surface area contributed by atoms with Crippen molar-refractivity contribution in [2.45, 2.75) is 25.1 Å². The van der Waals surface area contributed by atoms with Gasteiger partial charge in [-0.2, -0.15) is 13.2 Å². The number of carbonyl (C=O) groups is 1. The summed E-state index contributed by atoms with van der Waals surface area (Å²) < 4.78 is 43.4. The Morgan fingerprint density at radius 3 is 2.54 bits per heavy atom. The second-order valence-electron chi connectivity index (χ2n) is 5.86. The Kier molecular flexibility index (Phi) is 5.24. The lowest BCUT2D eigenvalue weighted by atomic mass is 10.1. The number of hydrogen-bond acceptors (Lipinski definition) is 4. The van der Waals surface area contributed by atoms with Crippen molar-refractivity contribution in [3.63, 3.8) is 0 Å². The number of amides is 2. The molecule has 1 N–H and O–H groups in total. The Morgan fingerprint density at radius 2 is 1.88 bits per heavy atom. The minimum atomic E-state index is -4.40. The summed E-state index contributed by atoms with van der Waals surface area (Å²) in [6.07, 6.45) is 0.0183. The van der Waals surface area contributed by atoms with E-state index in [1.807, 2.05) is 0 Å². The maximum atomic E-state index is 12.6. The number of likely N-dealkylation sites (tertiary alicyclic amines) is 1. The van der Waals surface area contributed by atoms with Crippen LogP contribution in [0.25, 0.3) is 0 Å². The molecule has 3 rings (SSSR count). The first-order chi connectivity index (χ1) is 12.4. The van der Waals surface area contributed by atoms with Crippen molar-refractivity contribution in [3.05, 3.63) is 48.3 Å². The van der Waals surface area contributed by atoms with Gasteiger partial charge in [0.05, 0.1) is 12.1 Å². The predicted molar refractivity (Wildman–Crippen MR) is 87.7 cm³/mol. The zero-order valence-corrected chi connectivity index (χ0v) is 13.7. The van der Waals surface area contributed by atoms with Gasteiger partial charge >= 0.3 is 18.2 Å². The van der Waals surface area contributed by atoms with Crippen molar-refractivity contribution in [2.75, 3.05) is 18.4 Å². The third-order valence-corrected chi connectivity index (χ3v) is 3.94. The lowest BCUT2D eigenvalue weighted by Gasteiger charge is -2.32. The molecule has 1 aliphatic heterocycles. The maximum absolute atomic E-state index is 12.6. The van der Waals surface area contributed by atoms with Gasteiger partial charge in [0, 0.05) is 24.6 Å². The van der Waals surface area contributed by atoms with Gasteiger partial charge < -0.3 is 15.0 Å². The summed E-state index contributed by atoms with van der Waals surface area (Å²) in [4.78, 5) is 21.9. The second kappa shape index (κ2) is 7.59. The largest absolute Gasteiger partial charge is 0.458 e. The van der Waals surface area contributed by atoms with E-state index >= 15 is 0 Å². The van der Waals surface area contributed by atoms with E-state index in [1.165, 1.54) is 12.1 Å². The summed E-state index contributed by atoms with van der Waals surface area (Å²) in [7, 11) is 0. The number of anilines is 1. The van der Waals surface area contributed by atoms with E-state index in [2.05, 4.69) is 15.3 Å². The van der Waals surface area contributed by atoms with Gasteiger partial charge in [-0.15, -0.1) is 0 Å². The van der Waals surface area contributed by atoms with Crippen molar-refractivity contribution in [2.24, 2.45) is 0 Å². The number of nitrogens with zero attached hydrogens (tertiary/aromatic N) is 3. The molecule has 0 saturated carbocycles. The SMILES string of the molecule is O=C(Nc1ccc(C(F)(F)F)cc1)N1CCCC(Oc2ncccn2)C1. The molecule has 1 saturated heterocycles. The van der Waals surface area contributed by atoms with Crippen molar-refractivity contribution >= 4 is 11.7 Å². The highest BCUT2D eigenvalue weighted by molar-refractivity contribution is 5.89. The van der Waals surface area contributed by atoms with Gasteiger partial charge in [-0.25, -0.2) is 14.8 Å². The zero-order chi connectivity index (χ0) is 18.6. The minimum absolute atomic E-state index is 0.232. The van der Waals surface area contributed by atoms with Crippen molar-refractivity contribution in [1.29, 1.82) is 0 Å². The highest BCUT2D eigenvalue weighted by Crippen LogP contribution is 2.29.